The topological polar surface area (TPSA) is 44.7 Å². The van der Waals surface area contributed by atoms with Crippen LogP contribution in [0.1, 0.15) is 40.0 Å². The fourth-order valence-electron chi connectivity index (χ4n) is 2.67. The molecule has 1 heterocycles. The SMILES string of the molecule is CC(O)CCN(C)CC1(CNC(C)C)CCOCC1. The van der Waals surface area contributed by atoms with Crippen molar-refractivity contribution in [3.8, 4) is 0 Å². The third-order valence-electron chi connectivity index (χ3n) is 3.97. The van der Waals surface area contributed by atoms with Gasteiger partial charge in [-0.1, -0.05) is 13.8 Å². The van der Waals surface area contributed by atoms with Crippen LogP contribution < -0.4 is 5.32 Å². The maximum atomic E-state index is 9.39. The van der Waals surface area contributed by atoms with E-state index in [4.69, 9.17) is 4.74 Å². The summed E-state index contributed by atoms with van der Waals surface area (Å²) >= 11 is 0. The van der Waals surface area contributed by atoms with E-state index in [9.17, 15) is 5.11 Å². The summed E-state index contributed by atoms with van der Waals surface area (Å²) in [5.74, 6) is 0. The summed E-state index contributed by atoms with van der Waals surface area (Å²) in [6.45, 7) is 11.1. The Labute approximate surface area is 118 Å². The highest BCUT2D eigenvalue weighted by molar-refractivity contribution is 4.87. The van der Waals surface area contributed by atoms with Gasteiger partial charge in [0, 0.05) is 38.9 Å². The summed E-state index contributed by atoms with van der Waals surface area (Å²) in [4.78, 5) is 2.36. The smallest absolute Gasteiger partial charge is 0.0524 e. The van der Waals surface area contributed by atoms with Crippen molar-refractivity contribution in [3.63, 3.8) is 0 Å². The van der Waals surface area contributed by atoms with Crippen LogP contribution in [0.25, 0.3) is 0 Å². The molecule has 1 atom stereocenters. The highest BCUT2D eigenvalue weighted by Crippen LogP contribution is 2.30. The molecular weight excluding hydrogens is 240 g/mol. The molecule has 4 nitrogen and oxygen atoms in total. The van der Waals surface area contributed by atoms with Gasteiger partial charge in [0.25, 0.3) is 0 Å². The summed E-state index contributed by atoms with van der Waals surface area (Å²) in [7, 11) is 2.16. The van der Waals surface area contributed by atoms with Gasteiger partial charge in [0.2, 0.25) is 0 Å². The molecule has 0 aromatic carbocycles. The summed E-state index contributed by atoms with van der Waals surface area (Å²) in [6.07, 6.45) is 2.90. The molecular formula is C15H32N2O2. The van der Waals surface area contributed by atoms with Gasteiger partial charge >= 0.3 is 0 Å². The second-order valence-electron chi connectivity index (χ2n) is 6.52. The largest absolute Gasteiger partial charge is 0.393 e. The monoisotopic (exact) mass is 272 g/mol. The Kier molecular flexibility index (Phi) is 7.29. The fraction of sp³-hybridized carbons (Fsp3) is 1.00. The highest BCUT2D eigenvalue weighted by Gasteiger charge is 2.33. The predicted octanol–water partition coefficient (Wildman–Crippen LogP) is 1.48. The molecule has 0 radical (unpaired) electrons. The Hall–Kier alpha value is -0.160. The fourth-order valence-corrected chi connectivity index (χ4v) is 2.67. The van der Waals surface area contributed by atoms with Gasteiger partial charge < -0.3 is 20.1 Å². The van der Waals surface area contributed by atoms with Crippen molar-refractivity contribution >= 4 is 0 Å². The summed E-state index contributed by atoms with van der Waals surface area (Å²) < 4.78 is 5.53. The predicted molar refractivity (Wildman–Crippen MR) is 79.4 cm³/mol. The zero-order valence-corrected chi connectivity index (χ0v) is 13.1. The van der Waals surface area contributed by atoms with Crippen LogP contribution in [0.15, 0.2) is 0 Å². The molecule has 2 N–H and O–H groups in total. The van der Waals surface area contributed by atoms with E-state index >= 15 is 0 Å². The summed E-state index contributed by atoms with van der Waals surface area (Å²) in [6, 6.07) is 0.530. The molecule has 0 aromatic heterocycles. The van der Waals surface area contributed by atoms with E-state index in [2.05, 4.69) is 31.1 Å². The second kappa shape index (κ2) is 8.20. The lowest BCUT2D eigenvalue weighted by molar-refractivity contribution is -0.00284. The zero-order valence-electron chi connectivity index (χ0n) is 13.1. The van der Waals surface area contributed by atoms with Crippen LogP contribution in [-0.4, -0.2) is 62.0 Å². The second-order valence-corrected chi connectivity index (χ2v) is 6.52. The standard InChI is InChI=1S/C15H32N2O2/c1-13(2)16-11-15(6-9-19-10-7-15)12-17(4)8-5-14(3)18/h13-14,16,18H,5-12H2,1-4H3. The molecule has 4 heteroatoms. The zero-order chi connectivity index (χ0) is 14.3. The molecule has 1 aliphatic rings. The first kappa shape index (κ1) is 16.9. The van der Waals surface area contributed by atoms with E-state index in [0.717, 1.165) is 52.1 Å². The van der Waals surface area contributed by atoms with E-state index in [-0.39, 0.29) is 6.10 Å². The average Bonchev–Trinajstić information content (AvgIpc) is 2.35. The average molecular weight is 272 g/mol. The number of nitrogens with zero attached hydrogens (tertiary/aromatic N) is 1. The van der Waals surface area contributed by atoms with Gasteiger partial charge in [-0.2, -0.15) is 0 Å². The van der Waals surface area contributed by atoms with Crippen LogP contribution in [0.3, 0.4) is 0 Å². The van der Waals surface area contributed by atoms with Crippen LogP contribution in [-0.2, 0) is 4.74 Å². The van der Waals surface area contributed by atoms with E-state index in [0.29, 0.717) is 11.5 Å². The molecule has 1 unspecified atom stereocenters. The van der Waals surface area contributed by atoms with Gasteiger partial charge in [0.05, 0.1) is 6.10 Å². The molecule has 0 spiro atoms. The van der Waals surface area contributed by atoms with Crippen molar-refractivity contribution in [2.24, 2.45) is 5.41 Å². The van der Waals surface area contributed by atoms with Gasteiger partial charge in [-0.15, -0.1) is 0 Å². The molecule has 1 rings (SSSR count). The van der Waals surface area contributed by atoms with Crippen molar-refractivity contribution in [1.82, 2.24) is 10.2 Å². The van der Waals surface area contributed by atoms with Crippen molar-refractivity contribution < 1.29 is 9.84 Å². The van der Waals surface area contributed by atoms with Gasteiger partial charge in [0.1, 0.15) is 0 Å². The van der Waals surface area contributed by atoms with Crippen LogP contribution in [0.5, 0.6) is 0 Å². The Bertz CT molecular complexity index is 238. The van der Waals surface area contributed by atoms with E-state index in [1.54, 1.807) is 0 Å². The Balaban J connectivity index is 2.48. The minimum atomic E-state index is -0.207. The number of nitrogens with one attached hydrogen (secondary N) is 1. The van der Waals surface area contributed by atoms with Gasteiger partial charge in [-0.05, 0) is 38.6 Å². The van der Waals surface area contributed by atoms with Gasteiger partial charge in [-0.3, -0.25) is 0 Å². The third-order valence-corrected chi connectivity index (χ3v) is 3.97. The maximum Gasteiger partial charge on any atom is 0.0524 e. The van der Waals surface area contributed by atoms with Crippen molar-refractivity contribution in [1.29, 1.82) is 0 Å². The first-order chi connectivity index (χ1) is 8.93. The molecule has 1 saturated heterocycles. The normalized spacial score (nSPS) is 21.0. The highest BCUT2D eigenvalue weighted by atomic mass is 16.5. The van der Waals surface area contributed by atoms with Gasteiger partial charge in [0.15, 0.2) is 0 Å². The minimum Gasteiger partial charge on any atom is -0.393 e. The molecule has 114 valence electrons. The molecule has 1 aliphatic heterocycles. The molecule has 0 amide bonds. The summed E-state index contributed by atoms with van der Waals surface area (Å²) in [5.41, 5.74) is 0.329. The van der Waals surface area contributed by atoms with Crippen molar-refractivity contribution in [2.45, 2.75) is 52.2 Å². The van der Waals surface area contributed by atoms with E-state index in [1.165, 1.54) is 0 Å². The molecule has 0 aromatic rings. The lowest BCUT2D eigenvalue weighted by Crippen LogP contribution is -2.48. The lowest BCUT2D eigenvalue weighted by Gasteiger charge is -2.41. The molecule has 0 aliphatic carbocycles. The number of hydrogen-bond acceptors (Lipinski definition) is 4. The number of aliphatic hydroxyl groups is 1. The first-order valence-electron chi connectivity index (χ1n) is 7.61. The van der Waals surface area contributed by atoms with Crippen LogP contribution >= 0.6 is 0 Å². The summed E-state index contributed by atoms with van der Waals surface area (Å²) in [5, 5.41) is 13.0. The molecule has 1 fully saturated rings. The Morgan fingerprint density at radius 2 is 1.89 bits per heavy atom. The van der Waals surface area contributed by atoms with E-state index < -0.39 is 0 Å². The number of hydrogen-bond donors (Lipinski definition) is 2. The van der Waals surface area contributed by atoms with Crippen LogP contribution in [0.4, 0.5) is 0 Å². The molecule has 0 bridgehead atoms. The number of ether oxygens (including phenoxy) is 1. The lowest BCUT2D eigenvalue weighted by atomic mass is 9.79. The van der Waals surface area contributed by atoms with Crippen LogP contribution in [0, 0.1) is 5.41 Å². The Morgan fingerprint density at radius 3 is 2.42 bits per heavy atom. The third kappa shape index (κ3) is 6.70. The van der Waals surface area contributed by atoms with Crippen LogP contribution in [0.2, 0.25) is 0 Å². The van der Waals surface area contributed by atoms with Crippen molar-refractivity contribution in [2.75, 3.05) is 39.9 Å². The number of aliphatic hydroxyl groups excluding tert-OH is 1. The first-order valence-corrected chi connectivity index (χ1v) is 7.61. The molecule has 0 saturated carbocycles. The Morgan fingerprint density at radius 1 is 1.26 bits per heavy atom. The quantitative estimate of drug-likeness (QED) is 0.702. The number of rotatable bonds is 8. The minimum absolute atomic E-state index is 0.207. The maximum absolute atomic E-state index is 9.39. The van der Waals surface area contributed by atoms with E-state index in [1.807, 2.05) is 6.92 Å². The van der Waals surface area contributed by atoms with Crippen molar-refractivity contribution in [3.05, 3.63) is 0 Å². The van der Waals surface area contributed by atoms with Gasteiger partial charge in [-0.25, -0.2) is 0 Å². The molecule has 19 heavy (non-hydrogen) atoms.